The fourth-order valence-electron chi connectivity index (χ4n) is 1.56. The molecular weight excluding hydrogens is 271 g/mol. The SMILES string of the molecule is Nc1ccc(C(F)(F)F)cc1C(=O)Nc1ccncc1. The summed E-state index contributed by atoms with van der Waals surface area (Å²) in [7, 11) is 0. The maximum atomic E-state index is 12.6. The van der Waals surface area contributed by atoms with Crippen molar-refractivity contribution in [2.75, 3.05) is 11.1 Å². The van der Waals surface area contributed by atoms with E-state index < -0.39 is 17.6 Å². The molecule has 1 aromatic heterocycles. The van der Waals surface area contributed by atoms with Gasteiger partial charge in [0.2, 0.25) is 0 Å². The lowest BCUT2D eigenvalue weighted by molar-refractivity contribution is -0.137. The van der Waals surface area contributed by atoms with E-state index in [4.69, 9.17) is 5.73 Å². The van der Waals surface area contributed by atoms with E-state index in [2.05, 4.69) is 10.3 Å². The summed E-state index contributed by atoms with van der Waals surface area (Å²) in [5.74, 6) is -0.709. The second-order valence-corrected chi connectivity index (χ2v) is 3.99. The number of alkyl halides is 3. The largest absolute Gasteiger partial charge is 0.416 e. The van der Waals surface area contributed by atoms with Crippen molar-refractivity contribution in [2.24, 2.45) is 0 Å². The summed E-state index contributed by atoms with van der Waals surface area (Å²) in [5.41, 5.74) is 4.79. The van der Waals surface area contributed by atoms with Gasteiger partial charge in [0.25, 0.3) is 5.91 Å². The lowest BCUT2D eigenvalue weighted by Crippen LogP contribution is -2.16. The van der Waals surface area contributed by atoms with Gasteiger partial charge < -0.3 is 11.1 Å². The third-order valence-corrected chi connectivity index (χ3v) is 2.56. The smallest absolute Gasteiger partial charge is 0.398 e. The Labute approximate surface area is 112 Å². The first kappa shape index (κ1) is 13.9. The minimum atomic E-state index is -4.53. The number of anilines is 2. The van der Waals surface area contributed by atoms with Crippen LogP contribution in [0.2, 0.25) is 0 Å². The second kappa shape index (κ2) is 5.20. The van der Waals surface area contributed by atoms with Crippen LogP contribution in [0.4, 0.5) is 24.5 Å². The fourth-order valence-corrected chi connectivity index (χ4v) is 1.56. The summed E-state index contributed by atoms with van der Waals surface area (Å²) in [6.45, 7) is 0. The molecule has 2 rings (SSSR count). The highest BCUT2D eigenvalue weighted by atomic mass is 19.4. The van der Waals surface area contributed by atoms with Crippen molar-refractivity contribution < 1.29 is 18.0 Å². The molecule has 7 heteroatoms. The second-order valence-electron chi connectivity index (χ2n) is 3.99. The van der Waals surface area contributed by atoms with Gasteiger partial charge in [0.05, 0.1) is 11.1 Å². The molecule has 0 unspecified atom stereocenters. The molecule has 0 spiro atoms. The van der Waals surface area contributed by atoms with Crippen LogP contribution in [-0.4, -0.2) is 10.9 Å². The Bertz CT molecular complexity index is 627. The van der Waals surface area contributed by atoms with Gasteiger partial charge in [-0.2, -0.15) is 13.2 Å². The molecule has 0 fully saturated rings. The van der Waals surface area contributed by atoms with E-state index in [1.54, 1.807) is 0 Å². The molecular formula is C13H10F3N3O. The van der Waals surface area contributed by atoms with Gasteiger partial charge in [-0.15, -0.1) is 0 Å². The monoisotopic (exact) mass is 281 g/mol. The Kier molecular flexibility index (Phi) is 3.60. The number of nitrogens with one attached hydrogen (secondary N) is 1. The van der Waals surface area contributed by atoms with Crippen molar-refractivity contribution in [3.8, 4) is 0 Å². The fraction of sp³-hybridized carbons (Fsp3) is 0.0769. The molecule has 1 aromatic carbocycles. The lowest BCUT2D eigenvalue weighted by Gasteiger charge is -2.11. The van der Waals surface area contributed by atoms with Gasteiger partial charge in [0.1, 0.15) is 0 Å². The van der Waals surface area contributed by atoms with Crippen molar-refractivity contribution in [3.63, 3.8) is 0 Å². The van der Waals surface area contributed by atoms with Crippen LogP contribution < -0.4 is 11.1 Å². The van der Waals surface area contributed by atoms with E-state index >= 15 is 0 Å². The number of benzene rings is 1. The average molecular weight is 281 g/mol. The minimum absolute atomic E-state index is 0.0236. The molecule has 2 aromatic rings. The van der Waals surface area contributed by atoms with Crippen LogP contribution in [0.25, 0.3) is 0 Å². The number of carbonyl (C=O) groups is 1. The summed E-state index contributed by atoms with van der Waals surface area (Å²) in [4.78, 5) is 15.7. The molecule has 1 heterocycles. The molecule has 1 amide bonds. The highest BCUT2D eigenvalue weighted by molar-refractivity contribution is 6.07. The highest BCUT2D eigenvalue weighted by Crippen LogP contribution is 2.31. The van der Waals surface area contributed by atoms with E-state index in [-0.39, 0.29) is 11.3 Å². The van der Waals surface area contributed by atoms with E-state index in [1.807, 2.05) is 0 Å². The van der Waals surface area contributed by atoms with Crippen molar-refractivity contribution >= 4 is 17.3 Å². The number of hydrogen-bond donors (Lipinski definition) is 2. The van der Waals surface area contributed by atoms with Crippen molar-refractivity contribution in [1.29, 1.82) is 0 Å². The zero-order chi connectivity index (χ0) is 14.8. The van der Waals surface area contributed by atoms with Gasteiger partial charge in [0.15, 0.2) is 0 Å². The van der Waals surface area contributed by atoms with Gasteiger partial charge in [-0.3, -0.25) is 9.78 Å². The first-order chi connectivity index (χ1) is 9.38. The van der Waals surface area contributed by atoms with E-state index in [0.717, 1.165) is 18.2 Å². The van der Waals surface area contributed by atoms with Crippen LogP contribution in [0.5, 0.6) is 0 Å². The van der Waals surface area contributed by atoms with Crippen molar-refractivity contribution in [2.45, 2.75) is 6.18 Å². The molecule has 0 aliphatic heterocycles. The molecule has 104 valence electrons. The maximum absolute atomic E-state index is 12.6. The van der Waals surface area contributed by atoms with Crippen molar-refractivity contribution in [1.82, 2.24) is 4.98 Å². The van der Waals surface area contributed by atoms with Gasteiger partial charge in [-0.1, -0.05) is 0 Å². The minimum Gasteiger partial charge on any atom is -0.398 e. The molecule has 0 saturated carbocycles. The predicted octanol–water partition coefficient (Wildman–Crippen LogP) is 2.93. The Morgan fingerprint density at radius 2 is 1.80 bits per heavy atom. The van der Waals surface area contributed by atoms with Gasteiger partial charge in [-0.25, -0.2) is 0 Å². The summed E-state index contributed by atoms with van der Waals surface area (Å²) >= 11 is 0. The normalized spacial score (nSPS) is 11.2. The number of nitrogens with two attached hydrogens (primary N) is 1. The Hall–Kier alpha value is -2.57. The van der Waals surface area contributed by atoms with Crippen LogP contribution in [0.15, 0.2) is 42.7 Å². The third-order valence-electron chi connectivity index (χ3n) is 2.56. The maximum Gasteiger partial charge on any atom is 0.416 e. The summed E-state index contributed by atoms with van der Waals surface area (Å²) in [6.07, 6.45) is -1.63. The number of hydrogen-bond acceptors (Lipinski definition) is 3. The molecule has 4 nitrogen and oxygen atoms in total. The number of nitrogens with zero attached hydrogens (tertiary/aromatic N) is 1. The molecule has 0 aliphatic carbocycles. The van der Waals surface area contributed by atoms with Gasteiger partial charge in [-0.05, 0) is 30.3 Å². The van der Waals surface area contributed by atoms with Crippen LogP contribution >= 0.6 is 0 Å². The van der Waals surface area contributed by atoms with Crippen molar-refractivity contribution in [3.05, 3.63) is 53.9 Å². The molecule has 3 N–H and O–H groups in total. The predicted molar refractivity (Wildman–Crippen MR) is 68.0 cm³/mol. The number of amides is 1. The zero-order valence-corrected chi connectivity index (χ0v) is 10.1. The van der Waals surface area contributed by atoms with Crippen LogP contribution in [0.3, 0.4) is 0 Å². The number of rotatable bonds is 2. The van der Waals surface area contributed by atoms with Gasteiger partial charge >= 0.3 is 6.18 Å². The Morgan fingerprint density at radius 1 is 1.15 bits per heavy atom. The summed E-state index contributed by atoms with van der Waals surface area (Å²) in [5, 5.41) is 2.45. The molecule has 0 bridgehead atoms. The number of halogens is 3. The summed E-state index contributed by atoms with van der Waals surface area (Å²) in [6, 6.07) is 5.65. The number of aromatic nitrogens is 1. The van der Waals surface area contributed by atoms with Gasteiger partial charge in [0, 0.05) is 23.8 Å². The highest BCUT2D eigenvalue weighted by Gasteiger charge is 2.31. The number of nitrogen functional groups attached to an aromatic ring is 1. The quantitative estimate of drug-likeness (QED) is 0.832. The molecule has 0 aliphatic rings. The molecule has 0 atom stereocenters. The standard InChI is InChI=1S/C13H10F3N3O/c14-13(15,16)8-1-2-11(17)10(7-8)12(20)19-9-3-5-18-6-4-9/h1-7H,17H2,(H,18,19,20). The number of carbonyl (C=O) groups excluding carboxylic acids is 1. The van der Waals surface area contributed by atoms with Crippen LogP contribution in [0.1, 0.15) is 15.9 Å². The average Bonchev–Trinajstić information content (AvgIpc) is 2.39. The third kappa shape index (κ3) is 3.05. The van der Waals surface area contributed by atoms with E-state index in [1.165, 1.54) is 24.5 Å². The lowest BCUT2D eigenvalue weighted by atomic mass is 10.1. The molecule has 0 saturated heterocycles. The summed E-state index contributed by atoms with van der Waals surface area (Å²) < 4.78 is 37.8. The molecule has 20 heavy (non-hydrogen) atoms. The zero-order valence-electron chi connectivity index (χ0n) is 10.1. The number of pyridine rings is 1. The van der Waals surface area contributed by atoms with E-state index in [9.17, 15) is 18.0 Å². The first-order valence-electron chi connectivity index (χ1n) is 5.56. The van der Waals surface area contributed by atoms with E-state index in [0.29, 0.717) is 5.69 Å². The van der Waals surface area contributed by atoms with Crippen LogP contribution in [-0.2, 0) is 6.18 Å². The van der Waals surface area contributed by atoms with Crippen LogP contribution in [0, 0.1) is 0 Å². The Balaban J connectivity index is 2.30. The first-order valence-corrected chi connectivity index (χ1v) is 5.56. The molecule has 0 radical (unpaired) electrons. The Morgan fingerprint density at radius 3 is 2.40 bits per heavy atom. The topological polar surface area (TPSA) is 68.0 Å².